The van der Waals surface area contributed by atoms with Crippen LogP contribution in [-0.2, 0) is 4.79 Å². The molecule has 0 saturated carbocycles. The standard InChI is InChI=1S/C17H23FN4O2/c18-14-7-13(9-19-10-14)17(24)22-6-2-3-12(11-22)8-21-16(23)15-4-1-5-20-15/h7,9-10,12,15,20H,1-6,8,11H2,(H,21,23)/t12-,15-/m1/s1. The number of pyridine rings is 1. The van der Waals surface area contributed by atoms with E-state index in [0.29, 0.717) is 19.6 Å². The van der Waals surface area contributed by atoms with Gasteiger partial charge < -0.3 is 15.5 Å². The van der Waals surface area contributed by atoms with Crippen molar-refractivity contribution in [3.05, 3.63) is 29.8 Å². The zero-order valence-corrected chi connectivity index (χ0v) is 13.6. The number of likely N-dealkylation sites (tertiary alicyclic amines) is 1. The zero-order chi connectivity index (χ0) is 16.9. The Bertz CT molecular complexity index is 604. The monoisotopic (exact) mass is 334 g/mol. The minimum absolute atomic E-state index is 0.0466. The Morgan fingerprint density at radius 2 is 2.21 bits per heavy atom. The lowest BCUT2D eigenvalue weighted by atomic mass is 9.97. The van der Waals surface area contributed by atoms with Crippen molar-refractivity contribution >= 4 is 11.8 Å². The van der Waals surface area contributed by atoms with Crippen LogP contribution in [0.15, 0.2) is 18.5 Å². The van der Waals surface area contributed by atoms with E-state index < -0.39 is 5.82 Å². The molecule has 24 heavy (non-hydrogen) atoms. The van der Waals surface area contributed by atoms with E-state index in [1.54, 1.807) is 4.90 Å². The van der Waals surface area contributed by atoms with Crippen molar-refractivity contribution in [2.24, 2.45) is 5.92 Å². The molecule has 0 bridgehead atoms. The predicted molar refractivity (Wildman–Crippen MR) is 86.9 cm³/mol. The molecule has 1 aromatic rings. The third kappa shape index (κ3) is 4.08. The molecule has 2 aliphatic rings. The summed E-state index contributed by atoms with van der Waals surface area (Å²) in [5, 5.41) is 6.17. The van der Waals surface area contributed by atoms with Gasteiger partial charge >= 0.3 is 0 Å². The molecule has 2 saturated heterocycles. The topological polar surface area (TPSA) is 74.3 Å². The fraction of sp³-hybridized carbons (Fsp3) is 0.588. The van der Waals surface area contributed by atoms with Gasteiger partial charge in [-0.3, -0.25) is 14.6 Å². The number of aromatic nitrogens is 1. The summed E-state index contributed by atoms with van der Waals surface area (Å²) in [4.78, 5) is 30.0. The average molecular weight is 334 g/mol. The number of nitrogens with zero attached hydrogens (tertiary/aromatic N) is 2. The van der Waals surface area contributed by atoms with Gasteiger partial charge in [0.05, 0.1) is 17.8 Å². The molecule has 0 unspecified atom stereocenters. The van der Waals surface area contributed by atoms with Crippen molar-refractivity contribution in [2.75, 3.05) is 26.2 Å². The number of rotatable bonds is 4. The highest BCUT2D eigenvalue weighted by molar-refractivity contribution is 5.94. The zero-order valence-electron chi connectivity index (χ0n) is 13.6. The van der Waals surface area contributed by atoms with E-state index in [2.05, 4.69) is 15.6 Å². The Morgan fingerprint density at radius 1 is 1.33 bits per heavy atom. The number of nitrogens with one attached hydrogen (secondary N) is 2. The smallest absolute Gasteiger partial charge is 0.255 e. The van der Waals surface area contributed by atoms with Gasteiger partial charge in [0.1, 0.15) is 5.82 Å². The van der Waals surface area contributed by atoms with E-state index >= 15 is 0 Å². The summed E-state index contributed by atoms with van der Waals surface area (Å²) in [6.07, 6.45) is 6.25. The number of halogens is 1. The summed E-state index contributed by atoms with van der Waals surface area (Å²) in [7, 11) is 0. The quantitative estimate of drug-likeness (QED) is 0.859. The van der Waals surface area contributed by atoms with Crippen molar-refractivity contribution in [1.82, 2.24) is 20.5 Å². The highest BCUT2D eigenvalue weighted by Crippen LogP contribution is 2.18. The fourth-order valence-electron chi connectivity index (χ4n) is 3.40. The molecule has 0 spiro atoms. The molecule has 7 heteroatoms. The van der Waals surface area contributed by atoms with Crippen LogP contribution >= 0.6 is 0 Å². The second-order valence-corrected chi connectivity index (χ2v) is 6.55. The Morgan fingerprint density at radius 3 is 2.96 bits per heavy atom. The first kappa shape index (κ1) is 16.8. The molecule has 2 aliphatic heterocycles. The van der Waals surface area contributed by atoms with Crippen molar-refractivity contribution in [1.29, 1.82) is 0 Å². The van der Waals surface area contributed by atoms with Crippen molar-refractivity contribution in [3.8, 4) is 0 Å². The third-order valence-corrected chi connectivity index (χ3v) is 4.70. The highest BCUT2D eigenvalue weighted by Gasteiger charge is 2.27. The maximum Gasteiger partial charge on any atom is 0.255 e. The minimum atomic E-state index is -0.509. The Hall–Kier alpha value is -2.02. The van der Waals surface area contributed by atoms with Gasteiger partial charge in [0, 0.05) is 25.8 Å². The third-order valence-electron chi connectivity index (χ3n) is 4.70. The molecule has 2 fully saturated rings. The van der Waals surface area contributed by atoms with Gasteiger partial charge in [-0.25, -0.2) is 4.39 Å². The number of amides is 2. The average Bonchev–Trinajstić information content (AvgIpc) is 3.14. The summed E-state index contributed by atoms with van der Waals surface area (Å²) in [6.45, 7) is 2.70. The van der Waals surface area contributed by atoms with Gasteiger partial charge in [-0.2, -0.15) is 0 Å². The van der Waals surface area contributed by atoms with Crippen molar-refractivity contribution in [2.45, 2.75) is 31.7 Å². The van der Waals surface area contributed by atoms with E-state index in [1.165, 1.54) is 12.3 Å². The molecule has 2 N–H and O–H groups in total. The first-order valence-electron chi connectivity index (χ1n) is 8.54. The molecule has 0 aromatic carbocycles. The molecular formula is C17H23FN4O2. The number of hydrogen-bond donors (Lipinski definition) is 2. The number of carbonyl (C=O) groups excluding carboxylic acids is 2. The lowest BCUT2D eigenvalue weighted by Gasteiger charge is -2.33. The van der Waals surface area contributed by atoms with Crippen LogP contribution < -0.4 is 10.6 Å². The van der Waals surface area contributed by atoms with Crippen LogP contribution in [0.5, 0.6) is 0 Å². The molecule has 130 valence electrons. The van der Waals surface area contributed by atoms with Crippen LogP contribution in [-0.4, -0.2) is 53.9 Å². The Labute approximate surface area is 140 Å². The van der Waals surface area contributed by atoms with E-state index in [9.17, 15) is 14.0 Å². The van der Waals surface area contributed by atoms with Crippen LogP contribution in [0.2, 0.25) is 0 Å². The molecule has 0 radical (unpaired) electrons. The van der Waals surface area contributed by atoms with Gasteiger partial charge in [-0.1, -0.05) is 0 Å². The van der Waals surface area contributed by atoms with Crippen molar-refractivity contribution in [3.63, 3.8) is 0 Å². The molecule has 3 rings (SSSR count). The second-order valence-electron chi connectivity index (χ2n) is 6.55. The lowest BCUT2D eigenvalue weighted by molar-refractivity contribution is -0.123. The maximum absolute atomic E-state index is 13.2. The summed E-state index contributed by atoms with van der Waals surface area (Å²) in [6, 6.07) is 1.14. The van der Waals surface area contributed by atoms with Gasteiger partial charge in [0.25, 0.3) is 5.91 Å². The van der Waals surface area contributed by atoms with E-state index in [-0.39, 0.29) is 29.3 Å². The number of carbonyl (C=O) groups is 2. The molecule has 2 atom stereocenters. The van der Waals surface area contributed by atoms with E-state index in [1.807, 2.05) is 0 Å². The SMILES string of the molecule is O=C(NC[C@H]1CCCN(C(=O)c2cncc(F)c2)C1)[C@H]1CCCN1. The first-order valence-corrected chi connectivity index (χ1v) is 8.54. The summed E-state index contributed by atoms with van der Waals surface area (Å²) >= 11 is 0. The van der Waals surface area contributed by atoms with E-state index in [0.717, 1.165) is 38.4 Å². The van der Waals surface area contributed by atoms with Gasteiger partial charge in [-0.05, 0) is 44.2 Å². The summed E-state index contributed by atoms with van der Waals surface area (Å²) in [5.41, 5.74) is 0.273. The first-order chi connectivity index (χ1) is 11.6. The highest BCUT2D eigenvalue weighted by atomic mass is 19.1. The van der Waals surface area contributed by atoms with Crippen LogP contribution in [0, 0.1) is 11.7 Å². The molecule has 1 aromatic heterocycles. The normalized spacial score (nSPS) is 24.0. The molecule has 3 heterocycles. The van der Waals surface area contributed by atoms with Gasteiger partial charge in [-0.15, -0.1) is 0 Å². The maximum atomic E-state index is 13.2. The van der Waals surface area contributed by atoms with Gasteiger partial charge in [0.2, 0.25) is 5.91 Å². The van der Waals surface area contributed by atoms with Gasteiger partial charge in [0.15, 0.2) is 0 Å². The molecule has 0 aliphatic carbocycles. The van der Waals surface area contributed by atoms with Crippen LogP contribution in [0.1, 0.15) is 36.0 Å². The molecule has 2 amide bonds. The number of hydrogen-bond acceptors (Lipinski definition) is 4. The second kappa shape index (κ2) is 7.70. The predicted octanol–water partition coefficient (Wildman–Crippen LogP) is 0.941. The van der Waals surface area contributed by atoms with Crippen LogP contribution in [0.3, 0.4) is 0 Å². The summed E-state index contributed by atoms with van der Waals surface area (Å²) < 4.78 is 13.2. The largest absolute Gasteiger partial charge is 0.354 e. The van der Waals surface area contributed by atoms with Crippen molar-refractivity contribution < 1.29 is 14.0 Å². The Kier molecular flexibility index (Phi) is 5.40. The van der Waals surface area contributed by atoms with E-state index in [4.69, 9.17) is 0 Å². The molecule has 6 nitrogen and oxygen atoms in total. The van der Waals surface area contributed by atoms with Crippen LogP contribution in [0.25, 0.3) is 0 Å². The van der Waals surface area contributed by atoms with Crippen LogP contribution in [0.4, 0.5) is 4.39 Å². The fourth-order valence-corrected chi connectivity index (χ4v) is 3.40. The summed E-state index contributed by atoms with van der Waals surface area (Å²) in [5.74, 6) is -0.430. The Balaban J connectivity index is 1.52. The lowest BCUT2D eigenvalue weighted by Crippen LogP contribution is -2.46. The number of piperidine rings is 1. The minimum Gasteiger partial charge on any atom is -0.354 e. The molecular weight excluding hydrogens is 311 g/mol.